The van der Waals surface area contributed by atoms with Crippen LogP contribution in [0.5, 0.6) is 5.75 Å². The topological polar surface area (TPSA) is 29.5 Å². The van der Waals surface area contributed by atoms with Crippen molar-refractivity contribution in [1.82, 2.24) is 0 Å². The molecule has 1 aromatic rings. The first kappa shape index (κ1) is 8.57. The summed E-state index contributed by atoms with van der Waals surface area (Å²) in [7, 11) is 0. The van der Waals surface area contributed by atoms with Gasteiger partial charge in [0.15, 0.2) is 0 Å². The van der Waals surface area contributed by atoms with Gasteiger partial charge in [-0.2, -0.15) is 0 Å². The molecule has 2 rings (SSSR count). The molecule has 2 atom stereocenters. The fourth-order valence-electron chi connectivity index (χ4n) is 1.79. The molecule has 0 fully saturated rings. The third-order valence-corrected chi connectivity index (χ3v) is 2.62. The lowest BCUT2D eigenvalue weighted by Gasteiger charge is -2.14. The van der Waals surface area contributed by atoms with Gasteiger partial charge >= 0.3 is 0 Å². The Hall–Kier alpha value is -1.02. The van der Waals surface area contributed by atoms with Gasteiger partial charge in [-0.3, -0.25) is 0 Å². The molecule has 1 heterocycles. The zero-order valence-corrected chi connectivity index (χ0v) is 7.73. The Bertz CT molecular complexity index is 296. The van der Waals surface area contributed by atoms with Crippen LogP contribution in [0, 0.1) is 0 Å². The van der Waals surface area contributed by atoms with Crippen LogP contribution >= 0.6 is 0 Å². The Morgan fingerprint density at radius 1 is 1.54 bits per heavy atom. The first-order valence-electron chi connectivity index (χ1n) is 4.72. The highest BCUT2D eigenvalue weighted by Gasteiger charge is 2.28. The second-order valence-electron chi connectivity index (χ2n) is 3.43. The largest absolute Gasteiger partial charge is 0.493 e. The van der Waals surface area contributed by atoms with Crippen molar-refractivity contribution < 1.29 is 9.84 Å². The molecular weight excluding hydrogens is 164 g/mol. The van der Waals surface area contributed by atoms with Crippen LogP contribution in [0.15, 0.2) is 24.3 Å². The van der Waals surface area contributed by atoms with Gasteiger partial charge in [0.2, 0.25) is 0 Å². The minimum absolute atomic E-state index is 0.168. The average molecular weight is 178 g/mol. The lowest BCUT2D eigenvalue weighted by molar-refractivity contribution is 0.125. The number of ether oxygens (including phenoxy) is 1. The number of hydrogen-bond donors (Lipinski definition) is 1. The van der Waals surface area contributed by atoms with Gasteiger partial charge in [-0.1, -0.05) is 25.1 Å². The smallest absolute Gasteiger partial charge is 0.123 e. The molecule has 1 aliphatic rings. The second kappa shape index (κ2) is 3.38. The van der Waals surface area contributed by atoms with Crippen molar-refractivity contribution in [2.75, 3.05) is 6.61 Å². The molecule has 2 unspecified atom stereocenters. The van der Waals surface area contributed by atoms with Crippen molar-refractivity contribution in [1.29, 1.82) is 0 Å². The summed E-state index contributed by atoms with van der Waals surface area (Å²) < 4.78 is 5.47. The summed E-state index contributed by atoms with van der Waals surface area (Å²) in [5, 5.41) is 9.72. The fraction of sp³-hybridized carbons (Fsp3) is 0.455. The Labute approximate surface area is 78.2 Å². The number of hydrogen-bond acceptors (Lipinski definition) is 2. The predicted molar refractivity (Wildman–Crippen MR) is 51.0 cm³/mol. The number of aliphatic hydroxyl groups is 1. The van der Waals surface area contributed by atoms with Gasteiger partial charge in [0.25, 0.3) is 0 Å². The van der Waals surface area contributed by atoms with Crippen LogP contribution in [0.3, 0.4) is 0 Å². The van der Waals surface area contributed by atoms with E-state index in [1.807, 2.05) is 31.2 Å². The molecule has 13 heavy (non-hydrogen) atoms. The third kappa shape index (κ3) is 1.42. The lowest BCUT2D eigenvalue weighted by Crippen LogP contribution is -2.18. The number of fused-ring (bicyclic) bond motifs is 1. The summed E-state index contributed by atoms with van der Waals surface area (Å²) in [6, 6.07) is 7.94. The molecule has 0 saturated heterocycles. The van der Waals surface area contributed by atoms with Gasteiger partial charge in [0.1, 0.15) is 5.75 Å². The van der Waals surface area contributed by atoms with Crippen molar-refractivity contribution in [3.05, 3.63) is 29.8 Å². The standard InChI is InChI=1S/C11H14O2/c1-2-10(12)9-7-13-11-6-4-3-5-8(9)11/h3-6,9-10,12H,2,7H2,1H3. The van der Waals surface area contributed by atoms with E-state index in [2.05, 4.69) is 0 Å². The maximum Gasteiger partial charge on any atom is 0.123 e. The minimum Gasteiger partial charge on any atom is -0.493 e. The molecule has 0 bridgehead atoms. The Balaban J connectivity index is 2.28. The van der Waals surface area contributed by atoms with Crippen LogP contribution < -0.4 is 4.74 Å². The van der Waals surface area contributed by atoms with Crippen molar-refractivity contribution in [2.24, 2.45) is 0 Å². The second-order valence-corrected chi connectivity index (χ2v) is 3.43. The van der Waals surface area contributed by atoms with Gasteiger partial charge in [-0.25, -0.2) is 0 Å². The molecule has 70 valence electrons. The highest BCUT2D eigenvalue weighted by atomic mass is 16.5. The van der Waals surface area contributed by atoms with E-state index >= 15 is 0 Å². The van der Waals surface area contributed by atoms with Crippen molar-refractivity contribution in [3.63, 3.8) is 0 Å². The molecule has 0 aliphatic carbocycles. The van der Waals surface area contributed by atoms with Gasteiger partial charge < -0.3 is 9.84 Å². The Morgan fingerprint density at radius 3 is 3.08 bits per heavy atom. The van der Waals surface area contributed by atoms with E-state index in [0.717, 1.165) is 17.7 Å². The van der Waals surface area contributed by atoms with Crippen LogP contribution in [-0.2, 0) is 0 Å². The molecular formula is C11H14O2. The van der Waals surface area contributed by atoms with E-state index in [1.165, 1.54) is 0 Å². The summed E-state index contributed by atoms with van der Waals surface area (Å²) >= 11 is 0. The van der Waals surface area contributed by atoms with Crippen molar-refractivity contribution >= 4 is 0 Å². The Morgan fingerprint density at radius 2 is 2.31 bits per heavy atom. The predicted octanol–water partition coefficient (Wildman–Crippen LogP) is 1.93. The molecule has 1 N–H and O–H groups in total. The summed E-state index contributed by atoms with van der Waals surface area (Å²) in [5.74, 6) is 1.10. The molecule has 1 aliphatic heterocycles. The number of rotatable bonds is 2. The monoisotopic (exact) mass is 178 g/mol. The molecule has 1 aromatic carbocycles. The summed E-state index contributed by atoms with van der Waals surface area (Å²) in [4.78, 5) is 0. The van der Waals surface area contributed by atoms with Crippen molar-refractivity contribution in [2.45, 2.75) is 25.4 Å². The quantitative estimate of drug-likeness (QED) is 0.749. The van der Waals surface area contributed by atoms with Gasteiger partial charge in [-0.05, 0) is 12.5 Å². The normalized spacial score (nSPS) is 22.2. The number of benzene rings is 1. The molecule has 2 nitrogen and oxygen atoms in total. The molecule has 0 aromatic heterocycles. The van der Waals surface area contributed by atoms with Crippen LogP contribution in [0.25, 0.3) is 0 Å². The van der Waals surface area contributed by atoms with Gasteiger partial charge in [-0.15, -0.1) is 0 Å². The summed E-state index contributed by atoms with van der Waals surface area (Å²) in [6.45, 7) is 2.61. The zero-order chi connectivity index (χ0) is 9.26. The van der Waals surface area contributed by atoms with Crippen LogP contribution in [-0.4, -0.2) is 17.8 Å². The van der Waals surface area contributed by atoms with Crippen LogP contribution in [0.1, 0.15) is 24.8 Å². The number of para-hydroxylation sites is 1. The molecule has 0 saturated carbocycles. The van der Waals surface area contributed by atoms with Crippen LogP contribution in [0.2, 0.25) is 0 Å². The lowest BCUT2D eigenvalue weighted by atomic mass is 9.94. The fourth-order valence-corrected chi connectivity index (χ4v) is 1.79. The minimum atomic E-state index is -0.274. The van der Waals surface area contributed by atoms with Gasteiger partial charge in [0.05, 0.1) is 12.7 Å². The summed E-state index contributed by atoms with van der Waals surface area (Å²) in [5.41, 5.74) is 1.15. The van der Waals surface area contributed by atoms with Gasteiger partial charge in [0, 0.05) is 11.5 Å². The third-order valence-electron chi connectivity index (χ3n) is 2.62. The van der Waals surface area contributed by atoms with E-state index < -0.39 is 0 Å². The molecule has 0 spiro atoms. The highest BCUT2D eigenvalue weighted by molar-refractivity contribution is 5.40. The first-order chi connectivity index (χ1) is 6.33. The van der Waals surface area contributed by atoms with E-state index in [9.17, 15) is 5.11 Å². The SMILES string of the molecule is CCC(O)C1COc2ccccc21. The van der Waals surface area contributed by atoms with E-state index in [1.54, 1.807) is 0 Å². The summed E-state index contributed by atoms with van der Waals surface area (Å²) in [6.07, 6.45) is 0.506. The zero-order valence-electron chi connectivity index (χ0n) is 7.73. The van der Waals surface area contributed by atoms with Crippen molar-refractivity contribution in [3.8, 4) is 5.75 Å². The molecule has 0 amide bonds. The maximum absolute atomic E-state index is 9.72. The average Bonchev–Trinajstić information content (AvgIpc) is 2.60. The van der Waals surface area contributed by atoms with E-state index in [0.29, 0.717) is 6.61 Å². The first-order valence-corrected chi connectivity index (χ1v) is 4.72. The maximum atomic E-state index is 9.72. The highest BCUT2D eigenvalue weighted by Crippen LogP contribution is 2.36. The van der Waals surface area contributed by atoms with Crippen LogP contribution in [0.4, 0.5) is 0 Å². The van der Waals surface area contributed by atoms with E-state index in [-0.39, 0.29) is 12.0 Å². The molecule has 0 radical (unpaired) electrons. The number of aliphatic hydroxyl groups excluding tert-OH is 1. The molecule has 2 heteroatoms. The van der Waals surface area contributed by atoms with E-state index in [4.69, 9.17) is 4.74 Å². The Kier molecular flexibility index (Phi) is 2.23.